The van der Waals surface area contributed by atoms with Crippen molar-refractivity contribution in [2.45, 2.75) is 38.5 Å². The molecule has 1 unspecified atom stereocenters. The lowest BCUT2D eigenvalue weighted by Gasteiger charge is -2.33. The second-order valence-corrected chi connectivity index (χ2v) is 6.44. The monoisotopic (exact) mass is 339 g/mol. The summed E-state index contributed by atoms with van der Waals surface area (Å²) < 4.78 is 0. The van der Waals surface area contributed by atoms with Crippen LogP contribution in [-0.4, -0.2) is 35.4 Å². The molecule has 1 atom stereocenters. The molecule has 2 N–H and O–H groups in total. The second-order valence-electron chi connectivity index (χ2n) is 6.44. The molecule has 134 valence electrons. The quantitative estimate of drug-likeness (QED) is 0.722. The van der Waals surface area contributed by atoms with Crippen LogP contribution in [0.5, 0.6) is 0 Å². The number of aromatic nitrogens is 1. The molecule has 2 rings (SSSR count). The number of nitrogens with two attached hydrogens (primary N) is 1. The molecule has 0 aliphatic heterocycles. The molecule has 4 heteroatoms. The molecule has 4 nitrogen and oxygen atoms in total. The summed E-state index contributed by atoms with van der Waals surface area (Å²) in [7, 11) is 0. The van der Waals surface area contributed by atoms with Gasteiger partial charge < -0.3 is 10.6 Å². The Morgan fingerprint density at radius 3 is 2.16 bits per heavy atom. The van der Waals surface area contributed by atoms with Crippen molar-refractivity contribution in [3.05, 3.63) is 66.0 Å². The van der Waals surface area contributed by atoms with Crippen LogP contribution in [0.1, 0.15) is 44.4 Å². The van der Waals surface area contributed by atoms with Gasteiger partial charge in [-0.1, -0.05) is 50.2 Å². The van der Waals surface area contributed by atoms with Gasteiger partial charge in [0, 0.05) is 6.20 Å². The fourth-order valence-electron chi connectivity index (χ4n) is 3.44. The molecule has 1 aromatic carbocycles. The highest BCUT2D eigenvalue weighted by molar-refractivity contribution is 5.90. The van der Waals surface area contributed by atoms with Crippen LogP contribution >= 0.6 is 0 Å². The molecule has 0 radical (unpaired) electrons. The summed E-state index contributed by atoms with van der Waals surface area (Å²) in [6.45, 7) is 7.23. The van der Waals surface area contributed by atoms with Gasteiger partial charge in [0.25, 0.3) is 0 Å². The van der Waals surface area contributed by atoms with Crippen LogP contribution in [0.15, 0.2) is 54.7 Å². The maximum atomic E-state index is 12.7. The molecular formula is C21H29N3O. The van der Waals surface area contributed by atoms with Crippen molar-refractivity contribution in [2.75, 3.05) is 19.6 Å². The maximum absolute atomic E-state index is 12.7. The molecule has 0 spiro atoms. The van der Waals surface area contributed by atoms with E-state index in [1.54, 1.807) is 6.20 Å². The van der Waals surface area contributed by atoms with Crippen molar-refractivity contribution in [3.8, 4) is 0 Å². The van der Waals surface area contributed by atoms with E-state index in [1.165, 1.54) is 0 Å². The topological polar surface area (TPSA) is 59.2 Å². The Labute approximate surface area is 151 Å². The Kier molecular flexibility index (Phi) is 7.14. The van der Waals surface area contributed by atoms with Crippen molar-refractivity contribution in [1.29, 1.82) is 0 Å². The summed E-state index contributed by atoms with van der Waals surface area (Å²) in [5.41, 5.74) is 6.71. The number of benzene rings is 1. The third-order valence-electron chi connectivity index (χ3n) is 4.67. The summed E-state index contributed by atoms with van der Waals surface area (Å²) in [5, 5.41) is 0. The summed E-state index contributed by atoms with van der Waals surface area (Å²) in [6.07, 6.45) is 4.55. The van der Waals surface area contributed by atoms with E-state index in [2.05, 4.69) is 23.7 Å². The number of rotatable bonds is 10. The molecule has 0 saturated heterocycles. The summed E-state index contributed by atoms with van der Waals surface area (Å²) in [5.74, 6) is -0.342. The first-order valence-electron chi connectivity index (χ1n) is 9.14. The van der Waals surface area contributed by atoms with Gasteiger partial charge in [-0.05, 0) is 56.6 Å². The molecular weight excluding hydrogens is 310 g/mol. The van der Waals surface area contributed by atoms with E-state index in [0.29, 0.717) is 6.42 Å². The van der Waals surface area contributed by atoms with E-state index >= 15 is 0 Å². The van der Waals surface area contributed by atoms with Crippen molar-refractivity contribution < 1.29 is 4.79 Å². The van der Waals surface area contributed by atoms with E-state index in [-0.39, 0.29) is 5.91 Å². The first kappa shape index (κ1) is 19.1. The molecule has 0 aliphatic rings. The van der Waals surface area contributed by atoms with Crippen molar-refractivity contribution in [1.82, 2.24) is 9.88 Å². The Hall–Kier alpha value is -2.20. The van der Waals surface area contributed by atoms with Gasteiger partial charge >= 0.3 is 0 Å². The number of hydrogen-bond donors (Lipinski definition) is 1. The van der Waals surface area contributed by atoms with Crippen LogP contribution in [-0.2, 0) is 10.2 Å². The Morgan fingerprint density at radius 1 is 1.00 bits per heavy atom. The number of primary amides is 1. The first-order chi connectivity index (χ1) is 12.1. The minimum absolute atomic E-state index is 0.342. The fraction of sp³-hybridized carbons (Fsp3) is 0.429. The minimum atomic E-state index is -0.901. The van der Waals surface area contributed by atoms with Gasteiger partial charge in [-0.3, -0.25) is 9.78 Å². The van der Waals surface area contributed by atoms with Gasteiger partial charge in [0.2, 0.25) is 5.91 Å². The van der Waals surface area contributed by atoms with Crippen LogP contribution in [0.2, 0.25) is 0 Å². The number of carbonyl (C=O) groups is 1. The summed E-state index contributed by atoms with van der Waals surface area (Å²) in [4.78, 5) is 19.6. The summed E-state index contributed by atoms with van der Waals surface area (Å²) in [6, 6.07) is 15.5. The van der Waals surface area contributed by atoms with Crippen LogP contribution < -0.4 is 5.73 Å². The number of hydrogen-bond acceptors (Lipinski definition) is 3. The first-order valence-corrected chi connectivity index (χ1v) is 9.14. The van der Waals surface area contributed by atoms with E-state index < -0.39 is 5.41 Å². The lowest BCUT2D eigenvalue weighted by atomic mass is 9.73. The van der Waals surface area contributed by atoms with Crippen molar-refractivity contribution in [2.24, 2.45) is 5.73 Å². The predicted molar refractivity (Wildman–Crippen MR) is 102 cm³/mol. The van der Waals surface area contributed by atoms with Gasteiger partial charge in [0.1, 0.15) is 5.41 Å². The zero-order valence-corrected chi connectivity index (χ0v) is 15.3. The summed E-state index contributed by atoms with van der Waals surface area (Å²) >= 11 is 0. The normalized spacial score (nSPS) is 13.6. The smallest absolute Gasteiger partial charge is 0.234 e. The Morgan fingerprint density at radius 2 is 1.64 bits per heavy atom. The lowest BCUT2D eigenvalue weighted by molar-refractivity contribution is -0.122. The highest BCUT2D eigenvalue weighted by Crippen LogP contribution is 2.34. The molecule has 25 heavy (non-hydrogen) atoms. The van der Waals surface area contributed by atoms with Gasteiger partial charge in [-0.2, -0.15) is 0 Å². The predicted octanol–water partition coefficient (Wildman–Crippen LogP) is 3.37. The van der Waals surface area contributed by atoms with E-state index in [9.17, 15) is 4.79 Å². The average Bonchev–Trinajstić information content (AvgIpc) is 2.64. The Balaban J connectivity index is 2.43. The molecule has 0 saturated carbocycles. The largest absolute Gasteiger partial charge is 0.369 e. The number of pyridine rings is 1. The van der Waals surface area contributed by atoms with Gasteiger partial charge in [0.05, 0.1) is 5.69 Å². The molecule has 0 fully saturated rings. The van der Waals surface area contributed by atoms with Crippen molar-refractivity contribution in [3.63, 3.8) is 0 Å². The highest BCUT2D eigenvalue weighted by atomic mass is 16.1. The third-order valence-corrected chi connectivity index (χ3v) is 4.67. The van der Waals surface area contributed by atoms with Gasteiger partial charge in [-0.15, -0.1) is 0 Å². The molecule has 0 bridgehead atoms. The van der Waals surface area contributed by atoms with Crippen LogP contribution in [0, 0.1) is 0 Å². The second kappa shape index (κ2) is 9.33. The average molecular weight is 339 g/mol. The zero-order valence-electron chi connectivity index (χ0n) is 15.3. The third kappa shape index (κ3) is 4.45. The Bertz CT molecular complexity index is 597. The number of amides is 1. The fourth-order valence-corrected chi connectivity index (χ4v) is 3.44. The van der Waals surface area contributed by atoms with Crippen molar-refractivity contribution >= 4 is 5.91 Å². The molecule has 2 aromatic rings. The van der Waals surface area contributed by atoms with E-state index in [0.717, 1.165) is 43.7 Å². The highest BCUT2D eigenvalue weighted by Gasteiger charge is 2.41. The zero-order chi connectivity index (χ0) is 18.1. The SMILES string of the molecule is CCCN(CCC)CCC(C(N)=O)(c1ccccc1)c1ccccn1. The van der Waals surface area contributed by atoms with Crippen LogP contribution in [0.3, 0.4) is 0 Å². The molecule has 1 heterocycles. The number of carbonyl (C=O) groups excluding carboxylic acids is 1. The van der Waals surface area contributed by atoms with E-state index in [1.807, 2.05) is 48.5 Å². The van der Waals surface area contributed by atoms with Gasteiger partial charge in [-0.25, -0.2) is 0 Å². The van der Waals surface area contributed by atoms with E-state index in [4.69, 9.17) is 5.73 Å². The van der Waals surface area contributed by atoms with Crippen LogP contribution in [0.25, 0.3) is 0 Å². The van der Waals surface area contributed by atoms with Gasteiger partial charge in [0.15, 0.2) is 0 Å². The lowest BCUT2D eigenvalue weighted by Crippen LogP contribution is -2.45. The molecule has 1 aromatic heterocycles. The molecule has 1 amide bonds. The minimum Gasteiger partial charge on any atom is -0.369 e. The maximum Gasteiger partial charge on any atom is 0.234 e. The molecule has 0 aliphatic carbocycles. The van der Waals surface area contributed by atoms with Crippen LogP contribution in [0.4, 0.5) is 0 Å². The standard InChI is InChI=1S/C21H29N3O/c1-3-15-24(16-4-2)17-13-21(20(22)25,18-10-6-5-7-11-18)19-12-8-9-14-23-19/h5-12,14H,3-4,13,15-17H2,1-2H3,(H2,22,25). The number of nitrogens with zero attached hydrogens (tertiary/aromatic N) is 2.